The number of esters is 1. The summed E-state index contributed by atoms with van der Waals surface area (Å²) in [7, 11) is 1.51. The zero-order valence-electron chi connectivity index (χ0n) is 16.4. The van der Waals surface area contributed by atoms with Crippen molar-refractivity contribution in [3.05, 3.63) is 48.0 Å². The Labute approximate surface area is 173 Å². The number of thioether (sulfide) groups is 1. The first-order valence-electron chi connectivity index (χ1n) is 9.09. The van der Waals surface area contributed by atoms with Gasteiger partial charge in [0.1, 0.15) is 5.75 Å². The van der Waals surface area contributed by atoms with Crippen LogP contribution in [0.5, 0.6) is 5.75 Å². The average Bonchev–Trinajstić information content (AvgIpc) is 2.68. The SMILES string of the molecule is COc1ccc(C)cc1NC(=O)[C@@H](C)OC(=O)C[C@@H]1Sc2ccccc2NC1=O. The minimum atomic E-state index is -1.02. The largest absolute Gasteiger partial charge is 0.495 e. The Kier molecular flexibility index (Phi) is 6.43. The zero-order valence-corrected chi connectivity index (χ0v) is 17.2. The van der Waals surface area contributed by atoms with Crippen molar-refractivity contribution < 1.29 is 23.9 Å². The third-order valence-corrected chi connectivity index (χ3v) is 5.62. The summed E-state index contributed by atoms with van der Waals surface area (Å²) in [6.07, 6.45) is -1.15. The summed E-state index contributed by atoms with van der Waals surface area (Å²) in [6.45, 7) is 3.38. The van der Waals surface area contributed by atoms with Gasteiger partial charge >= 0.3 is 5.97 Å². The van der Waals surface area contributed by atoms with Crippen LogP contribution in [-0.4, -0.2) is 36.2 Å². The number of hydrogen-bond acceptors (Lipinski definition) is 6. The molecule has 0 saturated carbocycles. The molecule has 0 bridgehead atoms. The first kappa shape index (κ1) is 20.7. The van der Waals surface area contributed by atoms with Crippen molar-refractivity contribution in [3.63, 3.8) is 0 Å². The van der Waals surface area contributed by atoms with Crippen LogP contribution in [-0.2, 0) is 19.1 Å². The van der Waals surface area contributed by atoms with Crippen molar-refractivity contribution >= 4 is 40.9 Å². The monoisotopic (exact) mass is 414 g/mol. The van der Waals surface area contributed by atoms with E-state index in [1.807, 2.05) is 31.2 Å². The van der Waals surface area contributed by atoms with E-state index >= 15 is 0 Å². The van der Waals surface area contributed by atoms with Crippen LogP contribution in [0.1, 0.15) is 18.9 Å². The van der Waals surface area contributed by atoms with Crippen LogP contribution in [0.2, 0.25) is 0 Å². The molecule has 0 aliphatic carbocycles. The van der Waals surface area contributed by atoms with Gasteiger partial charge in [0, 0.05) is 4.90 Å². The molecule has 0 spiro atoms. The molecule has 2 aromatic carbocycles. The fraction of sp³-hybridized carbons (Fsp3) is 0.286. The van der Waals surface area contributed by atoms with Gasteiger partial charge < -0.3 is 20.1 Å². The van der Waals surface area contributed by atoms with Crippen molar-refractivity contribution in [3.8, 4) is 5.75 Å². The summed E-state index contributed by atoms with van der Waals surface area (Å²) >= 11 is 1.31. The maximum Gasteiger partial charge on any atom is 0.308 e. The van der Waals surface area contributed by atoms with Crippen LogP contribution in [0, 0.1) is 6.92 Å². The van der Waals surface area contributed by atoms with Gasteiger partial charge in [0.15, 0.2) is 6.10 Å². The molecule has 0 radical (unpaired) electrons. The summed E-state index contributed by atoms with van der Waals surface area (Å²) < 4.78 is 10.5. The number of nitrogens with one attached hydrogen (secondary N) is 2. The van der Waals surface area contributed by atoms with Crippen molar-refractivity contribution in [1.82, 2.24) is 0 Å². The number of aryl methyl sites for hydroxylation is 1. The Morgan fingerprint density at radius 1 is 1.24 bits per heavy atom. The first-order chi connectivity index (χ1) is 13.9. The van der Waals surface area contributed by atoms with Gasteiger partial charge in [-0.25, -0.2) is 0 Å². The van der Waals surface area contributed by atoms with Gasteiger partial charge in [0.2, 0.25) is 5.91 Å². The molecule has 0 saturated heterocycles. The molecule has 0 aromatic heterocycles. The van der Waals surface area contributed by atoms with Crippen molar-refractivity contribution in [2.45, 2.75) is 36.5 Å². The third kappa shape index (κ3) is 5.08. The molecule has 2 amide bonds. The predicted octanol–water partition coefficient (Wildman–Crippen LogP) is 3.38. The number of fused-ring (bicyclic) bond motifs is 1. The Balaban J connectivity index is 1.57. The van der Waals surface area contributed by atoms with Gasteiger partial charge in [-0.2, -0.15) is 0 Å². The van der Waals surface area contributed by atoms with Crippen LogP contribution in [0.4, 0.5) is 11.4 Å². The molecular weight excluding hydrogens is 392 g/mol. The van der Waals surface area contributed by atoms with Crippen LogP contribution < -0.4 is 15.4 Å². The van der Waals surface area contributed by atoms with E-state index in [-0.39, 0.29) is 12.3 Å². The van der Waals surface area contributed by atoms with Gasteiger partial charge in [0.05, 0.1) is 30.2 Å². The minimum absolute atomic E-state index is 0.129. The summed E-state index contributed by atoms with van der Waals surface area (Å²) in [5.41, 5.74) is 2.18. The number of amides is 2. The van der Waals surface area contributed by atoms with Gasteiger partial charge in [-0.3, -0.25) is 14.4 Å². The Morgan fingerprint density at radius 2 is 2.00 bits per heavy atom. The van der Waals surface area contributed by atoms with E-state index in [1.165, 1.54) is 25.8 Å². The number of rotatable bonds is 6. The lowest BCUT2D eigenvalue weighted by Gasteiger charge is -2.23. The number of benzene rings is 2. The number of methoxy groups -OCH3 is 1. The number of para-hydroxylation sites is 1. The average molecular weight is 414 g/mol. The van der Waals surface area contributed by atoms with Crippen LogP contribution in [0.3, 0.4) is 0 Å². The molecule has 3 rings (SSSR count). The Hall–Kier alpha value is -3.00. The summed E-state index contributed by atoms with van der Waals surface area (Å²) in [5, 5.41) is 4.88. The van der Waals surface area contributed by atoms with E-state index < -0.39 is 23.2 Å². The zero-order chi connectivity index (χ0) is 21.0. The van der Waals surface area contributed by atoms with Crippen molar-refractivity contribution in [2.75, 3.05) is 17.7 Å². The van der Waals surface area contributed by atoms with Crippen molar-refractivity contribution in [1.29, 1.82) is 0 Å². The van der Waals surface area contributed by atoms with E-state index in [2.05, 4.69) is 10.6 Å². The Morgan fingerprint density at radius 3 is 2.76 bits per heavy atom. The normalized spacial score (nSPS) is 16.2. The first-order valence-corrected chi connectivity index (χ1v) is 9.97. The number of ether oxygens (including phenoxy) is 2. The van der Waals surface area contributed by atoms with E-state index in [0.29, 0.717) is 11.4 Å². The fourth-order valence-electron chi connectivity index (χ4n) is 2.83. The highest BCUT2D eigenvalue weighted by Gasteiger charge is 2.30. The molecule has 2 N–H and O–H groups in total. The molecule has 2 atom stereocenters. The van der Waals surface area contributed by atoms with Crippen LogP contribution >= 0.6 is 11.8 Å². The molecule has 1 aliphatic heterocycles. The van der Waals surface area contributed by atoms with Gasteiger partial charge in [-0.05, 0) is 43.7 Å². The second-order valence-corrected chi connectivity index (χ2v) is 7.87. The smallest absolute Gasteiger partial charge is 0.308 e. The summed E-state index contributed by atoms with van der Waals surface area (Å²) in [5.74, 6) is -0.840. The third-order valence-electron chi connectivity index (χ3n) is 4.35. The lowest BCUT2D eigenvalue weighted by atomic mass is 10.2. The van der Waals surface area contributed by atoms with E-state index in [1.54, 1.807) is 18.2 Å². The summed E-state index contributed by atoms with van der Waals surface area (Å²) in [6, 6.07) is 12.8. The molecule has 8 heteroatoms. The molecule has 0 fully saturated rings. The summed E-state index contributed by atoms with van der Waals surface area (Å²) in [4.78, 5) is 37.8. The van der Waals surface area contributed by atoms with E-state index in [9.17, 15) is 14.4 Å². The molecule has 29 heavy (non-hydrogen) atoms. The molecule has 152 valence electrons. The molecular formula is C21H22N2O5S. The lowest BCUT2D eigenvalue weighted by molar-refractivity contribution is -0.153. The van der Waals surface area contributed by atoms with Crippen LogP contribution in [0.15, 0.2) is 47.4 Å². The second kappa shape index (κ2) is 9.00. The second-order valence-electron chi connectivity index (χ2n) is 6.62. The highest BCUT2D eigenvalue weighted by atomic mass is 32.2. The molecule has 1 aliphatic rings. The van der Waals surface area contributed by atoms with E-state index in [0.717, 1.165) is 16.1 Å². The highest BCUT2D eigenvalue weighted by molar-refractivity contribution is 8.01. The van der Waals surface area contributed by atoms with Crippen LogP contribution in [0.25, 0.3) is 0 Å². The molecule has 1 heterocycles. The fourth-order valence-corrected chi connectivity index (χ4v) is 3.93. The number of anilines is 2. The van der Waals surface area contributed by atoms with E-state index in [4.69, 9.17) is 9.47 Å². The van der Waals surface area contributed by atoms with Gasteiger partial charge in [-0.15, -0.1) is 11.8 Å². The van der Waals surface area contributed by atoms with Gasteiger partial charge in [-0.1, -0.05) is 18.2 Å². The Bertz CT molecular complexity index is 946. The van der Waals surface area contributed by atoms with Gasteiger partial charge in [0.25, 0.3) is 5.91 Å². The number of carbonyl (C=O) groups excluding carboxylic acids is 3. The minimum Gasteiger partial charge on any atom is -0.495 e. The highest BCUT2D eigenvalue weighted by Crippen LogP contribution is 2.36. The predicted molar refractivity (Wildman–Crippen MR) is 111 cm³/mol. The molecule has 7 nitrogen and oxygen atoms in total. The quantitative estimate of drug-likeness (QED) is 0.704. The van der Waals surface area contributed by atoms with Crippen molar-refractivity contribution in [2.24, 2.45) is 0 Å². The topological polar surface area (TPSA) is 93.7 Å². The maximum atomic E-state index is 12.4. The maximum absolute atomic E-state index is 12.4. The number of carbonyl (C=O) groups is 3. The standard InChI is InChI=1S/C21H22N2O5S/c1-12-8-9-16(27-3)15(10-12)23-20(25)13(2)28-19(24)11-18-21(26)22-14-6-4-5-7-17(14)29-18/h4-10,13,18H,11H2,1-3H3,(H,22,26)(H,23,25)/t13-,18+/m1/s1. The lowest BCUT2D eigenvalue weighted by Crippen LogP contribution is -2.34. The molecule has 2 aromatic rings. The molecule has 0 unspecified atom stereocenters. The number of hydrogen-bond donors (Lipinski definition) is 2.